The molecule has 0 aliphatic rings. The summed E-state index contributed by atoms with van der Waals surface area (Å²) in [4.78, 5) is 32.7. The van der Waals surface area contributed by atoms with E-state index in [1.807, 2.05) is 31.4 Å². The summed E-state index contributed by atoms with van der Waals surface area (Å²) in [6.45, 7) is 2.45. The fourth-order valence-electron chi connectivity index (χ4n) is 2.47. The van der Waals surface area contributed by atoms with Crippen LogP contribution in [-0.2, 0) is 11.2 Å². The molecule has 136 valence electrons. The predicted molar refractivity (Wildman–Crippen MR) is 100 cm³/mol. The van der Waals surface area contributed by atoms with Crippen LogP contribution in [0.25, 0.3) is 11.0 Å². The standard InChI is InChI=1S/C17H24N4O3S/c1-11-5-4-6-12-15(11)20-14(18-12)7-9-21(2)17(24)19-13(16(22)23)8-10-25-3/h4-6,13H,7-10H2,1-3H3,(H,18,20)(H,19,24)(H,22,23)/t13-/m0/s1. The highest BCUT2D eigenvalue weighted by Gasteiger charge is 2.21. The number of aromatic amines is 1. The number of carbonyl (C=O) groups excluding carboxylic acids is 1. The Hall–Kier alpha value is -2.22. The smallest absolute Gasteiger partial charge is 0.326 e. The molecular weight excluding hydrogens is 340 g/mol. The largest absolute Gasteiger partial charge is 0.480 e. The zero-order valence-corrected chi connectivity index (χ0v) is 15.5. The zero-order chi connectivity index (χ0) is 18.4. The normalized spacial score (nSPS) is 12.1. The zero-order valence-electron chi connectivity index (χ0n) is 14.7. The van der Waals surface area contributed by atoms with Crippen molar-refractivity contribution in [2.75, 3.05) is 25.6 Å². The van der Waals surface area contributed by atoms with Gasteiger partial charge in [-0.1, -0.05) is 12.1 Å². The monoisotopic (exact) mass is 364 g/mol. The molecular formula is C17H24N4O3S. The molecule has 2 amide bonds. The lowest BCUT2D eigenvalue weighted by Crippen LogP contribution is -2.47. The molecule has 0 saturated carbocycles. The van der Waals surface area contributed by atoms with E-state index in [-0.39, 0.29) is 6.03 Å². The number of hydrogen-bond donors (Lipinski definition) is 3. The van der Waals surface area contributed by atoms with E-state index < -0.39 is 12.0 Å². The van der Waals surface area contributed by atoms with Crippen LogP contribution in [-0.4, -0.2) is 63.6 Å². The number of likely N-dealkylation sites (N-methyl/N-ethyl adjacent to an activating group) is 1. The molecule has 0 spiro atoms. The van der Waals surface area contributed by atoms with Gasteiger partial charge in [0.1, 0.15) is 11.9 Å². The van der Waals surface area contributed by atoms with Gasteiger partial charge in [0.15, 0.2) is 0 Å². The number of fused-ring (bicyclic) bond motifs is 1. The van der Waals surface area contributed by atoms with E-state index >= 15 is 0 Å². The van der Waals surface area contributed by atoms with Gasteiger partial charge in [-0.05, 0) is 37.0 Å². The van der Waals surface area contributed by atoms with Gasteiger partial charge in [-0.2, -0.15) is 11.8 Å². The summed E-state index contributed by atoms with van der Waals surface area (Å²) in [5.74, 6) is 0.476. The van der Waals surface area contributed by atoms with Crippen molar-refractivity contribution in [3.8, 4) is 0 Å². The van der Waals surface area contributed by atoms with E-state index in [0.29, 0.717) is 25.1 Å². The first-order valence-corrected chi connectivity index (χ1v) is 9.49. The topological polar surface area (TPSA) is 98.3 Å². The van der Waals surface area contributed by atoms with Crippen molar-refractivity contribution >= 4 is 34.8 Å². The van der Waals surface area contributed by atoms with E-state index in [2.05, 4.69) is 15.3 Å². The van der Waals surface area contributed by atoms with Gasteiger partial charge in [-0.25, -0.2) is 14.6 Å². The minimum atomic E-state index is -1.01. The number of urea groups is 1. The number of aliphatic carboxylic acids is 1. The lowest BCUT2D eigenvalue weighted by atomic mass is 10.2. The SMILES string of the molecule is CSCC[C@H](NC(=O)N(C)CCc1nc2c(C)cccc2[nH]1)C(=O)O. The summed E-state index contributed by atoms with van der Waals surface area (Å²) in [5, 5.41) is 11.8. The number of nitrogens with zero attached hydrogens (tertiary/aromatic N) is 2. The van der Waals surface area contributed by atoms with Gasteiger partial charge >= 0.3 is 12.0 Å². The molecule has 2 rings (SSSR count). The number of carboxylic acid groups (broad SMARTS) is 1. The van der Waals surface area contributed by atoms with Crippen molar-refractivity contribution in [1.82, 2.24) is 20.2 Å². The lowest BCUT2D eigenvalue weighted by Gasteiger charge is -2.21. The summed E-state index contributed by atoms with van der Waals surface area (Å²) >= 11 is 1.55. The summed E-state index contributed by atoms with van der Waals surface area (Å²) in [6, 6.07) is 4.70. The number of carboxylic acids is 1. The first-order valence-electron chi connectivity index (χ1n) is 8.10. The molecule has 2 aromatic rings. The molecule has 8 heteroatoms. The Bertz CT molecular complexity index is 747. The quantitative estimate of drug-likeness (QED) is 0.667. The molecule has 0 fully saturated rings. The Kier molecular flexibility index (Phi) is 6.69. The molecule has 0 unspecified atom stereocenters. The Morgan fingerprint density at radius 3 is 2.84 bits per heavy atom. The average Bonchev–Trinajstić information content (AvgIpc) is 3.00. The average molecular weight is 364 g/mol. The molecule has 1 heterocycles. The molecule has 0 bridgehead atoms. The molecule has 0 aliphatic heterocycles. The molecule has 0 radical (unpaired) electrons. The number of rotatable bonds is 8. The van der Waals surface area contributed by atoms with E-state index in [0.717, 1.165) is 22.4 Å². The minimum Gasteiger partial charge on any atom is -0.480 e. The highest BCUT2D eigenvalue weighted by Crippen LogP contribution is 2.15. The number of nitrogens with one attached hydrogen (secondary N) is 2. The number of imidazole rings is 1. The number of amides is 2. The highest BCUT2D eigenvalue weighted by atomic mass is 32.2. The van der Waals surface area contributed by atoms with Gasteiger partial charge < -0.3 is 20.3 Å². The van der Waals surface area contributed by atoms with Gasteiger partial charge in [-0.3, -0.25) is 0 Å². The third-order valence-corrected chi connectivity index (χ3v) is 4.64. The molecule has 0 saturated heterocycles. The van der Waals surface area contributed by atoms with Crippen LogP contribution in [0.4, 0.5) is 4.79 Å². The van der Waals surface area contributed by atoms with Gasteiger partial charge in [0.25, 0.3) is 0 Å². The number of aromatic nitrogens is 2. The van der Waals surface area contributed by atoms with Crippen molar-refractivity contribution in [3.63, 3.8) is 0 Å². The fourth-order valence-corrected chi connectivity index (χ4v) is 2.94. The van der Waals surface area contributed by atoms with Crippen molar-refractivity contribution in [3.05, 3.63) is 29.6 Å². The Morgan fingerprint density at radius 1 is 1.44 bits per heavy atom. The predicted octanol–water partition coefficient (Wildman–Crippen LogP) is 2.26. The van der Waals surface area contributed by atoms with Crippen LogP contribution in [0, 0.1) is 6.92 Å². The minimum absolute atomic E-state index is 0.388. The van der Waals surface area contributed by atoms with Crippen LogP contribution in [0.15, 0.2) is 18.2 Å². The summed E-state index contributed by atoms with van der Waals surface area (Å²) in [7, 11) is 1.65. The summed E-state index contributed by atoms with van der Waals surface area (Å²) in [6.07, 6.45) is 2.88. The highest BCUT2D eigenvalue weighted by molar-refractivity contribution is 7.98. The number of carbonyl (C=O) groups is 2. The third-order valence-electron chi connectivity index (χ3n) is 4.00. The van der Waals surface area contributed by atoms with E-state index in [9.17, 15) is 14.7 Å². The second-order valence-corrected chi connectivity index (χ2v) is 6.93. The number of thioether (sulfide) groups is 1. The van der Waals surface area contributed by atoms with Crippen LogP contribution in [0.1, 0.15) is 17.8 Å². The first-order chi connectivity index (χ1) is 11.9. The molecule has 25 heavy (non-hydrogen) atoms. The molecule has 3 N–H and O–H groups in total. The van der Waals surface area contributed by atoms with Crippen LogP contribution in [0.3, 0.4) is 0 Å². The molecule has 7 nitrogen and oxygen atoms in total. The van der Waals surface area contributed by atoms with Crippen LogP contribution in [0.2, 0.25) is 0 Å². The number of para-hydroxylation sites is 1. The van der Waals surface area contributed by atoms with E-state index in [1.165, 1.54) is 4.90 Å². The molecule has 0 aliphatic carbocycles. The van der Waals surface area contributed by atoms with E-state index in [4.69, 9.17) is 0 Å². The summed E-state index contributed by atoms with van der Waals surface area (Å²) < 4.78 is 0. The van der Waals surface area contributed by atoms with Gasteiger partial charge in [0.2, 0.25) is 0 Å². The van der Waals surface area contributed by atoms with Gasteiger partial charge in [0, 0.05) is 20.0 Å². The third kappa shape index (κ3) is 5.12. The number of hydrogen-bond acceptors (Lipinski definition) is 4. The van der Waals surface area contributed by atoms with Crippen LogP contribution in [0.5, 0.6) is 0 Å². The lowest BCUT2D eigenvalue weighted by molar-refractivity contribution is -0.139. The number of benzene rings is 1. The first kappa shape index (κ1) is 19.1. The second kappa shape index (κ2) is 8.75. The van der Waals surface area contributed by atoms with Gasteiger partial charge in [0.05, 0.1) is 11.0 Å². The van der Waals surface area contributed by atoms with Crippen LogP contribution < -0.4 is 5.32 Å². The van der Waals surface area contributed by atoms with Crippen molar-refractivity contribution in [2.45, 2.75) is 25.8 Å². The maximum Gasteiger partial charge on any atom is 0.326 e. The van der Waals surface area contributed by atoms with E-state index in [1.54, 1.807) is 18.8 Å². The Balaban J connectivity index is 1.91. The van der Waals surface area contributed by atoms with Crippen molar-refractivity contribution in [1.29, 1.82) is 0 Å². The molecule has 1 atom stereocenters. The second-order valence-electron chi connectivity index (χ2n) is 5.95. The van der Waals surface area contributed by atoms with Crippen molar-refractivity contribution in [2.24, 2.45) is 0 Å². The molecule has 1 aromatic carbocycles. The molecule has 1 aromatic heterocycles. The van der Waals surface area contributed by atoms with Crippen molar-refractivity contribution < 1.29 is 14.7 Å². The fraction of sp³-hybridized carbons (Fsp3) is 0.471. The Morgan fingerprint density at radius 2 is 2.20 bits per heavy atom. The number of aryl methyl sites for hydroxylation is 1. The number of H-pyrrole nitrogens is 1. The Labute approximate surface area is 151 Å². The van der Waals surface area contributed by atoms with Gasteiger partial charge in [-0.15, -0.1) is 0 Å². The van der Waals surface area contributed by atoms with Crippen LogP contribution >= 0.6 is 11.8 Å². The maximum absolute atomic E-state index is 12.2. The maximum atomic E-state index is 12.2. The summed E-state index contributed by atoms with van der Waals surface area (Å²) in [5.41, 5.74) is 3.02.